The van der Waals surface area contributed by atoms with Crippen LogP contribution in [-0.2, 0) is 20.8 Å². The molecule has 0 bridgehead atoms. The number of carbonyl (C=O) groups excluding carboxylic acids is 2. The van der Waals surface area contributed by atoms with E-state index in [0.29, 0.717) is 19.3 Å². The van der Waals surface area contributed by atoms with Crippen molar-refractivity contribution in [3.63, 3.8) is 0 Å². The highest BCUT2D eigenvalue weighted by Gasteiger charge is 2.39. The Kier molecular flexibility index (Phi) is 9.26. The van der Waals surface area contributed by atoms with Gasteiger partial charge >= 0.3 is 0 Å². The molecule has 0 aromatic heterocycles. The van der Waals surface area contributed by atoms with E-state index in [1.54, 1.807) is 0 Å². The number of nitrogens with one attached hydrogen (secondary N) is 1. The third-order valence-electron chi connectivity index (χ3n) is 5.80. The number of amides is 2. The Morgan fingerprint density at radius 3 is 2.47 bits per heavy atom. The number of piperazine rings is 1. The second kappa shape index (κ2) is 11.7. The maximum Gasteiger partial charge on any atom is 0.290 e. The van der Waals surface area contributed by atoms with E-state index in [-0.39, 0.29) is 30.2 Å². The molecule has 1 aliphatic heterocycles. The Morgan fingerprint density at radius 1 is 1.20 bits per heavy atom. The lowest BCUT2D eigenvalue weighted by Gasteiger charge is -2.35. The van der Waals surface area contributed by atoms with Crippen LogP contribution in [-0.4, -0.2) is 83.2 Å². The molecule has 2 fully saturated rings. The molecule has 30 heavy (non-hydrogen) atoms. The maximum absolute atomic E-state index is 12.8. The predicted octanol–water partition coefficient (Wildman–Crippen LogP) is 0.658. The van der Waals surface area contributed by atoms with Crippen LogP contribution in [0.5, 0.6) is 0 Å². The van der Waals surface area contributed by atoms with Crippen molar-refractivity contribution in [3.8, 4) is 0 Å². The molecule has 166 valence electrons. The van der Waals surface area contributed by atoms with E-state index in [4.69, 9.17) is 9.90 Å². The van der Waals surface area contributed by atoms with Crippen LogP contribution in [0.3, 0.4) is 0 Å². The highest BCUT2D eigenvalue weighted by atomic mass is 16.3. The Morgan fingerprint density at radius 2 is 1.87 bits per heavy atom. The van der Waals surface area contributed by atoms with Gasteiger partial charge in [0.1, 0.15) is 0 Å². The molecular weight excluding hydrogens is 386 g/mol. The average molecular weight is 420 g/mol. The Labute approximate surface area is 177 Å². The molecule has 1 aliphatic carbocycles. The molecule has 3 N–H and O–H groups in total. The predicted molar refractivity (Wildman–Crippen MR) is 113 cm³/mol. The monoisotopic (exact) mass is 419 g/mol. The number of carboxylic acid groups (broad SMARTS) is 1. The topological polar surface area (TPSA) is 110 Å². The number of benzene rings is 1. The van der Waals surface area contributed by atoms with Gasteiger partial charge in [-0.15, -0.1) is 0 Å². The summed E-state index contributed by atoms with van der Waals surface area (Å²) in [7, 11) is 0. The van der Waals surface area contributed by atoms with E-state index in [0.717, 1.165) is 43.9 Å². The summed E-state index contributed by atoms with van der Waals surface area (Å²) in [6.07, 6.45) is 0.593. The first-order valence-electron chi connectivity index (χ1n) is 10.5. The van der Waals surface area contributed by atoms with Crippen molar-refractivity contribution in [2.75, 3.05) is 32.7 Å². The molecule has 1 saturated heterocycles. The molecule has 2 amide bonds. The van der Waals surface area contributed by atoms with Gasteiger partial charge in [0.15, 0.2) is 0 Å². The van der Waals surface area contributed by atoms with E-state index in [1.807, 2.05) is 36.1 Å². The van der Waals surface area contributed by atoms with E-state index in [9.17, 15) is 14.7 Å². The fourth-order valence-corrected chi connectivity index (χ4v) is 4.18. The first-order valence-corrected chi connectivity index (χ1v) is 10.5. The first kappa shape index (κ1) is 23.8. The molecule has 1 aromatic carbocycles. The third-order valence-corrected chi connectivity index (χ3v) is 5.80. The number of aryl methyl sites for hydroxylation is 1. The van der Waals surface area contributed by atoms with Gasteiger partial charge in [0.05, 0.1) is 18.6 Å². The SMILES string of the molecule is CCN1CCN(C(=O)[C@@H]2C[C@@H](O)[C@H](NC(=O)Cc3cccc(C)c3)C2)CC1.O=CO. The number of carbonyl (C=O) groups is 3. The minimum Gasteiger partial charge on any atom is -0.483 e. The van der Waals surface area contributed by atoms with Gasteiger partial charge in [-0.1, -0.05) is 36.8 Å². The molecule has 1 heterocycles. The van der Waals surface area contributed by atoms with Gasteiger partial charge in [-0.05, 0) is 31.9 Å². The largest absolute Gasteiger partial charge is 0.483 e. The van der Waals surface area contributed by atoms with Crippen LogP contribution in [0, 0.1) is 12.8 Å². The minimum atomic E-state index is -0.655. The van der Waals surface area contributed by atoms with Crippen molar-refractivity contribution in [2.45, 2.75) is 45.3 Å². The van der Waals surface area contributed by atoms with Gasteiger partial charge in [-0.25, -0.2) is 0 Å². The molecule has 8 nitrogen and oxygen atoms in total. The van der Waals surface area contributed by atoms with Crippen molar-refractivity contribution in [2.24, 2.45) is 5.92 Å². The normalized spacial score (nSPS) is 24.0. The van der Waals surface area contributed by atoms with Crippen molar-refractivity contribution in [3.05, 3.63) is 35.4 Å². The van der Waals surface area contributed by atoms with Crippen LogP contribution in [0.1, 0.15) is 30.9 Å². The molecule has 1 saturated carbocycles. The van der Waals surface area contributed by atoms with Crippen LogP contribution in [0.2, 0.25) is 0 Å². The number of likely N-dealkylation sites (N-methyl/N-ethyl adjacent to an activating group) is 1. The fourth-order valence-electron chi connectivity index (χ4n) is 4.18. The maximum atomic E-state index is 12.8. The molecule has 2 aliphatic rings. The van der Waals surface area contributed by atoms with Gasteiger partial charge < -0.3 is 25.3 Å². The van der Waals surface area contributed by atoms with E-state index < -0.39 is 6.10 Å². The van der Waals surface area contributed by atoms with Gasteiger partial charge in [-0.3, -0.25) is 14.4 Å². The molecule has 0 radical (unpaired) electrons. The van der Waals surface area contributed by atoms with Crippen molar-refractivity contribution in [1.82, 2.24) is 15.1 Å². The smallest absolute Gasteiger partial charge is 0.290 e. The summed E-state index contributed by atoms with van der Waals surface area (Å²) in [4.78, 5) is 37.7. The Balaban J connectivity index is 0.00000101. The number of nitrogens with zero attached hydrogens (tertiary/aromatic N) is 2. The van der Waals surface area contributed by atoms with E-state index >= 15 is 0 Å². The molecule has 8 heteroatoms. The zero-order valence-corrected chi connectivity index (χ0v) is 17.8. The van der Waals surface area contributed by atoms with Gasteiger partial charge in [-0.2, -0.15) is 0 Å². The molecule has 0 spiro atoms. The minimum absolute atomic E-state index is 0.102. The zero-order valence-electron chi connectivity index (χ0n) is 17.8. The lowest BCUT2D eigenvalue weighted by Crippen LogP contribution is -2.50. The number of hydrogen-bond acceptors (Lipinski definition) is 5. The second-order valence-corrected chi connectivity index (χ2v) is 7.94. The van der Waals surface area contributed by atoms with Crippen LogP contribution in [0.4, 0.5) is 0 Å². The summed E-state index contributed by atoms with van der Waals surface area (Å²) < 4.78 is 0. The number of hydrogen-bond donors (Lipinski definition) is 3. The first-order chi connectivity index (χ1) is 14.4. The highest BCUT2D eigenvalue weighted by Crippen LogP contribution is 2.28. The molecule has 1 aromatic rings. The number of aliphatic hydroxyl groups is 1. The molecule has 0 unspecified atom stereocenters. The second-order valence-electron chi connectivity index (χ2n) is 7.94. The molecule has 3 atom stereocenters. The molecular formula is C22H33N3O5. The average Bonchev–Trinajstić information content (AvgIpc) is 3.08. The summed E-state index contributed by atoms with van der Waals surface area (Å²) >= 11 is 0. The highest BCUT2D eigenvalue weighted by molar-refractivity contribution is 5.81. The van der Waals surface area contributed by atoms with Crippen molar-refractivity contribution in [1.29, 1.82) is 0 Å². The lowest BCUT2D eigenvalue weighted by atomic mass is 10.1. The van der Waals surface area contributed by atoms with Gasteiger partial charge in [0.2, 0.25) is 11.8 Å². The number of aliphatic hydroxyl groups excluding tert-OH is 1. The fraction of sp³-hybridized carbons (Fsp3) is 0.591. The van der Waals surface area contributed by atoms with Crippen LogP contribution in [0.25, 0.3) is 0 Å². The standard InChI is InChI=1S/C21H31N3O3.CH2O2/c1-3-23-7-9-24(10-8-23)21(27)17-13-18(19(25)14-17)22-20(26)12-16-6-4-5-15(2)11-16;2-1-3/h4-6,11,17-19,25H,3,7-10,12-14H2,1-2H3,(H,22,26);1H,(H,2,3)/t17-,18+,19+;/m0./s1. The van der Waals surface area contributed by atoms with Crippen LogP contribution < -0.4 is 5.32 Å². The Bertz CT molecular complexity index is 718. The summed E-state index contributed by atoms with van der Waals surface area (Å²) in [6, 6.07) is 7.52. The summed E-state index contributed by atoms with van der Waals surface area (Å²) in [5.41, 5.74) is 2.08. The van der Waals surface area contributed by atoms with Crippen LogP contribution >= 0.6 is 0 Å². The van der Waals surface area contributed by atoms with Crippen LogP contribution in [0.15, 0.2) is 24.3 Å². The summed E-state index contributed by atoms with van der Waals surface area (Å²) in [6.45, 7) is 8.22. The third kappa shape index (κ3) is 6.81. The Hall–Kier alpha value is -2.45. The summed E-state index contributed by atoms with van der Waals surface area (Å²) in [5, 5.41) is 20.2. The van der Waals surface area contributed by atoms with E-state index in [2.05, 4.69) is 17.1 Å². The number of rotatable bonds is 5. The van der Waals surface area contributed by atoms with Crippen molar-refractivity contribution >= 4 is 18.3 Å². The van der Waals surface area contributed by atoms with Gasteiger partial charge in [0.25, 0.3) is 6.47 Å². The lowest BCUT2D eigenvalue weighted by molar-refractivity contribution is -0.137. The van der Waals surface area contributed by atoms with Crippen molar-refractivity contribution < 1.29 is 24.6 Å². The zero-order chi connectivity index (χ0) is 22.1. The quantitative estimate of drug-likeness (QED) is 0.605. The van der Waals surface area contributed by atoms with E-state index in [1.165, 1.54) is 0 Å². The molecule has 3 rings (SSSR count). The summed E-state index contributed by atoms with van der Waals surface area (Å²) in [5.74, 6) is -0.174. The van der Waals surface area contributed by atoms with Gasteiger partial charge in [0, 0.05) is 32.1 Å².